The zero-order valence-corrected chi connectivity index (χ0v) is 11.9. The van der Waals surface area contributed by atoms with Crippen LogP contribution in [0.3, 0.4) is 0 Å². The lowest BCUT2D eigenvalue weighted by Crippen LogP contribution is -1.88. The number of pyridine rings is 1. The maximum atomic E-state index is 9.00. The van der Waals surface area contributed by atoms with Crippen LogP contribution in [0, 0.1) is 11.3 Å². The molecule has 2 nitrogen and oxygen atoms in total. The summed E-state index contributed by atoms with van der Waals surface area (Å²) in [5.41, 5.74) is 4.05. The van der Waals surface area contributed by atoms with Crippen molar-refractivity contribution in [2.75, 3.05) is 0 Å². The fourth-order valence-electron chi connectivity index (χ4n) is 2.23. The second-order valence-corrected chi connectivity index (χ2v) is 5.07. The van der Waals surface area contributed by atoms with Crippen molar-refractivity contribution in [1.82, 2.24) is 4.98 Å². The van der Waals surface area contributed by atoms with Crippen molar-refractivity contribution in [3.8, 4) is 17.3 Å². The molecule has 3 aromatic rings. The minimum atomic E-state index is 0.602. The van der Waals surface area contributed by atoms with Crippen molar-refractivity contribution in [3.05, 3.63) is 71.3 Å². The molecule has 0 unspecified atom stereocenters. The van der Waals surface area contributed by atoms with Crippen LogP contribution in [0.5, 0.6) is 0 Å². The zero-order valence-electron chi connectivity index (χ0n) is 11.2. The van der Waals surface area contributed by atoms with Gasteiger partial charge in [0.1, 0.15) is 0 Å². The molecule has 0 aliphatic rings. The number of aromatic nitrogens is 1. The Bertz CT molecular complexity index is 891. The van der Waals surface area contributed by atoms with Gasteiger partial charge in [-0.15, -0.1) is 0 Å². The molecule has 1 heterocycles. The molecule has 0 aliphatic carbocycles. The van der Waals surface area contributed by atoms with E-state index in [1.165, 1.54) is 0 Å². The van der Waals surface area contributed by atoms with Gasteiger partial charge in [-0.25, -0.2) is 4.98 Å². The van der Waals surface area contributed by atoms with Crippen molar-refractivity contribution in [1.29, 1.82) is 5.26 Å². The fourth-order valence-corrected chi connectivity index (χ4v) is 2.49. The van der Waals surface area contributed by atoms with E-state index in [1.807, 2.05) is 42.5 Å². The molecule has 0 saturated carbocycles. The Morgan fingerprint density at radius 1 is 1.14 bits per heavy atom. The zero-order chi connectivity index (χ0) is 14.8. The summed E-state index contributed by atoms with van der Waals surface area (Å²) >= 11 is 6.35. The van der Waals surface area contributed by atoms with Gasteiger partial charge in [-0.2, -0.15) is 5.26 Å². The lowest BCUT2D eigenvalue weighted by molar-refractivity contribution is 1.39. The Kier molecular flexibility index (Phi) is 3.43. The average molecular weight is 291 g/mol. The smallest absolute Gasteiger partial charge is 0.0991 e. The van der Waals surface area contributed by atoms with Gasteiger partial charge >= 0.3 is 0 Å². The fraction of sp³-hybridized carbons (Fsp3) is 0. The summed E-state index contributed by atoms with van der Waals surface area (Å²) in [6.07, 6.45) is 1.78. The topological polar surface area (TPSA) is 36.7 Å². The molecule has 0 aliphatic heterocycles. The van der Waals surface area contributed by atoms with Crippen LogP contribution in [0.1, 0.15) is 11.1 Å². The van der Waals surface area contributed by atoms with E-state index in [-0.39, 0.29) is 0 Å². The summed E-state index contributed by atoms with van der Waals surface area (Å²) in [5, 5.41) is 10.5. The van der Waals surface area contributed by atoms with Crippen molar-refractivity contribution in [2.45, 2.75) is 0 Å². The van der Waals surface area contributed by atoms with Gasteiger partial charge in [0.15, 0.2) is 0 Å². The van der Waals surface area contributed by atoms with Gasteiger partial charge in [-0.1, -0.05) is 48.5 Å². The normalized spacial score (nSPS) is 10.3. The van der Waals surface area contributed by atoms with Gasteiger partial charge in [0.2, 0.25) is 0 Å². The maximum Gasteiger partial charge on any atom is 0.0991 e. The molecule has 100 valence electrons. The van der Waals surface area contributed by atoms with E-state index in [9.17, 15) is 0 Å². The number of rotatable bonds is 2. The highest BCUT2D eigenvalue weighted by atomic mass is 35.5. The first-order valence-corrected chi connectivity index (χ1v) is 6.82. The lowest BCUT2D eigenvalue weighted by Gasteiger charge is -2.07. The van der Waals surface area contributed by atoms with E-state index in [0.717, 1.165) is 27.7 Å². The second-order valence-electron chi connectivity index (χ2n) is 4.66. The van der Waals surface area contributed by atoms with E-state index in [0.29, 0.717) is 10.6 Å². The maximum absolute atomic E-state index is 9.00. The van der Waals surface area contributed by atoms with Crippen LogP contribution in [-0.4, -0.2) is 4.98 Å². The summed E-state index contributed by atoms with van der Waals surface area (Å²) in [4.78, 5) is 4.65. The Hall–Kier alpha value is -2.63. The van der Waals surface area contributed by atoms with Crippen LogP contribution in [0.25, 0.3) is 28.2 Å². The standard InChI is InChI=1S/C18H11ClN2/c1-2-12-6-7-15-16(19)10-17(21-18(15)9-12)14-5-3-4-13(8-14)11-20/h2-10H,1H2. The molecule has 0 saturated heterocycles. The second kappa shape index (κ2) is 5.40. The molecule has 1 aromatic heterocycles. The average Bonchev–Trinajstić information content (AvgIpc) is 2.54. The monoisotopic (exact) mass is 290 g/mol. The highest BCUT2D eigenvalue weighted by Gasteiger charge is 2.07. The van der Waals surface area contributed by atoms with Gasteiger partial charge in [0.25, 0.3) is 0 Å². The molecule has 3 rings (SSSR count). The highest BCUT2D eigenvalue weighted by Crippen LogP contribution is 2.29. The summed E-state index contributed by atoms with van der Waals surface area (Å²) in [6, 6.07) is 17.1. The number of benzene rings is 2. The molecular formula is C18H11ClN2. The molecule has 0 atom stereocenters. The molecule has 2 aromatic carbocycles. The Morgan fingerprint density at radius 3 is 2.76 bits per heavy atom. The third-order valence-corrected chi connectivity index (χ3v) is 3.62. The molecular weight excluding hydrogens is 280 g/mol. The summed E-state index contributed by atoms with van der Waals surface area (Å²) < 4.78 is 0. The number of fused-ring (bicyclic) bond motifs is 1. The molecule has 0 spiro atoms. The first-order chi connectivity index (χ1) is 10.2. The predicted octanol–water partition coefficient (Wildman–Crippen LogP) is 5.07. The molecule has 0 N–H and O–H groups in total. The highest BCUT2D eigenvalue weighted by molar-refractivity contribution is 6.35. The first-order valence-electron chi connectivity index (χ1n) is 6.44. The largest absolute Gasteiger partial charge is 0.248 e. The minimum absolute atomic E-state index is 0.602. The van der Waals surface area contributed by atoms with E-state index in [4.69, 9.17) is 16.9 Å². The molecule has 0 bridgehead atoms. The number of nitriles is 1. The first kappa shape index (κ1) is 13.4. The third kappa shape index (κ3) is 2.52. The Balaban J connectivity index is 2.23. The predicted molar refractivity (Wildman–Crippen MR) is 87.0 cm³/mol. The number of halogens is 1. The number of hydrogen-bond donors (Lipinski definition) is 0. The van der Waals surface area contributed by atoms with E-state index >= 15 is 0 Å². The van der Waals surface area contributed by atoms with E-state index in [2.05, 4.69) is 17.6 Å². The van der Waals surface area contributed by atoms with E-state index in [1.54, 1.807) is 12.1 Å². The van der Waals surface area contributed by atoms with Crippen LogP contribution in [-0.2, 0) is 0 Å². The minimum Gasteiger partial charge on any atom is -0.248 e. The van der Waals surface area contributed by atoms with Crippen molar-refractivity contribution < 1.29 is 0 Å². The van der Waals surface area contributed by atoms with Crippen molar-refractivity contribution in [3.63, 3.8) is 0 Å². The van der Waals surface area contributed by atoms with Crippen LogP contribution in [0.4, 0.5) is 0 Å². The summed E-state index contributed by atoms with van der Waals surface area (Å²) in [6.45, 7) is 3.77. The molecule has 3 heteroatoms. The summed E-state index contributed by atoms with van der Waals surface area (Å²) in [7, 11) is 0. The van der Waals surface area contributed by atoms with Crippen LogP contribution >= 0.6 is 11.6 Å². The number of nitrogens with zero attached hydrogens (tertiary/aromatic N) is 2. The van der Waals surface area contributed by atoms with Gasteiger partial charge in [-0.05, 0) is 29.8 Å². The third-order valence-electron chi connectivity index (χ3n) is 3.31. The Labute approximate surface area is 127 Å². The molecule has 0 fully saturated rings. The van der Waals surface area contributed by atoms with Gasteiger partial charge in [-0.3, -0.25) is 0 Å². The SMILES string of the molecule is C=Cc1ccc2c(Cl)cc(-c3cccc(C#N)c3)nc2c1. The van der Waals surface area contributed by atoms with Crippen LogP contribution in [0.2, 0.25) is 5.02 Å². The van der Waals surface area contributed by atoms with Crippen LogP contribution < -0.4 is 0 Å². The molecule has 0 amide bonds. The van der Waals surface area contributed by atoms with Crippen molar-refractivity contribution in [2.24, 2.45) is 0 Å². The van der Waals surface area contributed by atoms with Gasteiger partial charge in [0, 0.05) is 10.9 Å². The lowest BCUT2D eigenvalue weighted by atomic mass is 10.1. The molecule has 0 radical (unpaired) electrons. The molecule has 21 heavy (non-hydrogen) atoms. The van der Waals surface area contributed by atoms with Gasteiger partial charge in [0.05, 0.1) is 27.9 Å². The van der Waals surface area contributed by atoms with E-state index < -0.39 is 0 Å². The quantitative estimate of drug-likeness (QED) is 0.660. The summed E-state index contributed by atoms with van der Waals surface area (Å²) in [5.74, 6) is 0. The van der Waals surface area contributed by atoms with Crippen LogP contribution in [0.15, 0.2) is 55.1 Å². The Morgan fingerprint density at radius 2 is 2.00 bits per heavy atom. The van der Waals surface area contributed by atoms with Crippen molar-refractivity contribution >= 4 is 28.6 Å². The number of hydrogen-bond acceptors (Lipinski definition) is 2. The van der Waals surface area contributed by atoms with Gasteiger partial charge < -0.3 is 0 Å².